The minimum absolute atomic E-state index is 0.191. The van der Waals surface area contributed by atoms with Crippen LogP contribution in [0.15, 0.2) is 54.6 Å². The lowest BCUT2D eigenvalue weighted by Crippen LogP contribution is -2.36. The first-order valence-corrected chi connectivity index (χ1v) is 8.52. The smallest absolute Gasteiger partial charge is 0.337 e. The second-order valence-electron chi connectivity index (χ2n) is 7.10. The lowest BCUT2D eigenvalue weighted by molar-refractivity contribution is -0.206. The van der Waals surface area contributed by atoms with Gasteiger partial charge in [-0.15, -0.1) is 0 Å². The number of hydroxylamine groups is 2. The molecule has 0 aliphatic rings. The summed E-state index contributed by atoms with van der Waals surface area (Å²) in [5.74, 6) is -0.0406. The number of benzene rings is 2. The minimum atomic E-state index is -0.678. The van der Waals surface area contributed by atoms with E-state index in [0.717, 1.165) is 21.9 Å². The van der Waals surface area contributed by atoms with Crippen molar-refractivity contribution in [2.24, 2.45) is 5.41 Å². The molecule has 0 atom stereocenters. The Balaban J connectivity index is 1.95. The first-order valence-electron chi connectivity index (χ1n) is 8.52. The third-order valence-corrected chi connectivity index (χ3v) is 3.65. The SMILES string of the molecule is CC(=O)N(Cc1ccc(OCc2ccccc2)cc1)OC(=O)C(C)(C)C. The summed E-state index contributed by atoms with van der Waals surface area (Å²) in [5, 5.41) is 1.08. The number of nitrogens with zero attached hydrogens (tertiary/aromatic N) is 1. The van der Waals surface area contributed by atoms with Crippen LogP contribution in [0.1, 0.15) is 38.8 Å². The summed E-state index contributed by atoms with van der Waals surface area (Å²) in [5.41, 5.74) is 1.26. The fraction of sp³-hybridized carbons (Fsp3) is 0.333. The van der Waals surface area contributed by atoms with Crippen molar-refractivity contribution >= 4 is 11.9 Å². The summed E-state index contributed by atoms with van der Waals surface area (Å²) < 4.78 is 5.74. The van der Waals surface area contributed by atoms with E-state index in [1.54, 1.807) is 20.8 Å². The van der Waals surface area contributed by atoms with Crippen molar-refractivity contribution in [3.8, 4) is 5.75 Å². The summed E-state index contributed by atoms with van der Waals surface area (Å²) >= 11 is 0. The van der Waals surface area contributed by atoms with Crippen LogP contribution >= 0.6 is 0 Å². The first kappa shape index (κ1) is 19.5. The average molecular weight is 355 g/mol. The molecule has 2 aromatic carbocycles. The molecule has 0 aromatic heterocycles. The van der Waals surface area contributed by atoms with Crippen LogP contribution in [0.2, 0.25) is 0 Å². The number of rotatable bonds is 5. The zero-order valence-corrected chi connectivity index (χ0v) is 15.7. The molecule has 0 N–H and O–H groups in total. The summed E-state index contributed by atoms with van der Waals surface area (Å²) in [6.07, 6.45) is 0. The van der Waals surface area contributed by atoms with Crippen LogP contribution in [-0.4, -0.2) is 16.9 Å². The number of hydrogen-bond donors (Lipinski definition) is 0. The first-order chi connectivity index (χ1) is 12.3. The van der Waals surface area contributed by atoms with Crippen LogP contribution in [0.4, 0.5) is 0 Å². The van der Waals surface area contributed by atoms with Gasteiger partial charge in [0.2, 0.25) is 0 Å². The normalized spacial score (nSPS) is 10.9. The molecule has 0 fully saturated rings. The van der Waals surface area contributed by atoms with Gasteiger partial charge in [-0.1, -0.05) is 42.5 Å². The molecular formula is C21H25NO4. The zero-order chi connectivity index (χ0) is 19.2. The highest BCUT2D eigenvalue weighted by molar-refractivity contribution is 5.78. The lowest BCUT2D eigenvalue weighted by atomic mass is 9.98. The van der Waals surface area contributed by atoms with Gasteiger partial charge in [-0.2, -0.15) is 5.06 Å². The van der Waals surface area contributed by atoms with Gasteiger partial charge in [0.1, 0.15) is 12.4 Å². The Morgan fingerprint density at radius 2 is 1.54 bits per heavy atom. The molecule has 5 nitrogen and oxygen atoms in total. The van der Waals surface area contributed by atoms with Crippen molar-refractivity contribution < 1.29 is 19.2 Å². The minimum Gasteiger partial charge on any atom is -0.489 e. The summed E-state index contributed by atoms with van der Waals surface area (Å²) in [4.78, 5) is 29.0. The number of amides is 1. The molecule has 0 aliphatic carbocycles. The summed E-state index contributed by atoms with van der Waals surface area (Å²) in [6.45, 7) is 7.28. The molecule has 2 aromatic rings. The molecule has 0 bridgehead atoms. The Morgan fingerprint density at radius 1 is 0.923 bits per heavy atom. The Kier molecular flexibility index (Phi) is 6.39. The second-order valence-corrected chi connectivity index (χ2v) is 7.10. The number of carbonyl (C=O) groups excluding carboxylic acids is 2. The van der Waals surface area contributed by atoms with Crippen molar-refractivity contribution in [2.45, 2.75) is 40.8 Å². The lowest BCUT2D eigenvalue weighted by Gasteiger charge is -2.24. The van der Waals surface area contributed by atoms with E-state index in [4.69, 9.17) is 9.57 Å². The predicted octanol–water partition coefficient (Wildman–Crippen LogP) is 4.12. The molecule has 0 unspecified atom stereocenters. The summed E-state index contributed by atoms with van der Waals surface area (Å²) in [6, 6.07) is 17.3. The van der Waals surface area contributed by atoms with E-state index in [1.165, 1.54) is 6.92 Å². The molecule has 0 saturated carbocycles. The highest BCUT2D eigenvalue weighted by Crippen LogP contribution is 2.19. The van der Waals surface area contributed by atoms with Gasteiger partial charge in [0.15, 0.2) is 0 Å². The number of hydrogen-bond acceptors (Lipinski definition) is 4. The fourth-order valence-corrected chi connectivity index (χ4v) is 2.04. The number of ether oxygens (including phenoxy) is 1. The molecular weight excluding hydrogens is 330 g/mol. The van der Waals surface area contributed by atoms with Gasteiger partial charge in [-0.05, 0) is 44.0 Å². The summed E-state index contributed by atoms with van der Waals surface area (Å²) in [7, 11) is 0. The monoisotopic (exact) mass is 355 g/mol. The molecule has 0 aliphatic heterocycles. The van der Waals surface area contributed by atoms with Crippen LogP contribution < -0.4 is 4.74 Å². The van der Waals surface area contributed by atoms with Crippen LogP contribution in [-0.2, 0) is 27.6 Å². The van der Waals surface area contributed by atoms with Crippen molar-refractivity contribution in [2.75, 3.05) is 0 Å². The van der Waals surface area contributed by atoms with Crippen LogP contribution in [0.5, 0.6) is 5.75 Å². The second kappa shape index (κ2) is 8.52. The Bertz CT molecular complexity index is 733. The maximum absolute atomic E-state index is 12.0. The Labute approximate surface area is 154 Å². The average Bonchev–Trinajstić information content (AvgIpc) is 2.60. The van der Waals surface area contributed by atoms with Crippen LogP contribution in [0, 0.1) is 5.41 Å². The Hall–Kier alpha value is -2.82. The molecule has 26 heavy (non-hydrogen) atoms. The van der Waals surface area contributed by atoms with Gasteiger partial charge in [0.25, 0.3) is 5.91 Å². The van der Waals surface area contributed by atoms with E-state index in [9.17, 15) is 9.59 Å². The predicted molar refractivity (Wildman–Crippen MR) is 99.0 cm³/mol. The van der Waals surface area contributed by atoms with E-state index in [1.807, 2.05) is 54.6 Å². The van der Waals surface area contributed by atoms with Gasteiger partial charge >= 0.3 is 5.97 Å². The molecule has 0 saturated heterocycles. The fourth-order valence-electron chi connectivity index (χ4n) is 2.04. The third kappa shape index (κ3) is 5.92. The molecule has 138 valence electrons. The van der Waals surface area contributed by atoms with Crippen molar-refractivity contribution in [3.05, 3.63) is 65.7 Å². The van der Waals surface area contributed by atoms with Gasteiger partial charge in [0, 0.05) is 6.92 Å². The third-order valence-electron chi connectivity index (χ3n) is 3.65. The molecule has 5 heteroatoms. The van der Waals surface area contributed by atoms with Gasteiger partial charge in [-0.25, -0.2) is 4.79 Å². The number of carbonyl (C=O) groups is 2. The zero-order valence-electron chi connectivity index (χ0n) is 15.7. The van der Waals surface area contributed by atoms with Gasteiger partial charge in [-0.3, -0.25) is 4.79 Å². The van der Waals surface area contributed by atoms with E-state index >= 15 is 0 Å². The highest BCUT2D eigenvalue weighted by atomic mass is 16.7. The van der Waals surface area contributed by atoms with E-state index in [0.29, 0.717) is 6.61 Å². The van der Waals surface area contributed by atoms with E-state index in [2.05, 4.69) is 0 Å². The molecule has 0 heterocycles. The molecule has 1 amide bonds. The van der Waals surface area contributed by atoms with Crippen LogP contribution in [0.3, 0.4) is 0 Å². The highest BCUT2D eigenvalue weighted by Gasteiger charge is 2.27. The van der Waals surface area contributed by atoms with Crippen LogP contribution in [0.25, 0.3) is 0 Å². The van der Waals surface area contributed by atoms with Crippen molar-refractivity contribution in [1.29, 1.82) is 0 Å². The topological polar surface area (TPSA) is 55.8 Å². The Morgan fingerprint density at radius 3 is 2.08 bits per heavy atom. The van der Waals surface area contributed by atoms with E-state index < -0.39 is 11.4 Å². The molecule has 0 radical (unpaired) electrons. The molecule has 0 spiro atoms. The van der Waals surface area contributed by atoms with Crippen molar-refractivity contribution in [3.63, 3.8) is 0 Å². The van der Waals surface area contributed by atoms with Gasteiger partial charge in [0.05, 0.1) is 12.0 Å². The standard InChI is InChI=1S/C21H25NO4/c1-16(23)22(26-20(24)21(2,3)4)14-17-10-12-19(13-11-17)25-15-18-8-6-5-7-9-18/h5-13H,14-15H2,1-4H3. The van der Waals surface area contributed by atoms with Gasteiger partial charge < -0.3 is 9.57 Å². The van der Waals surface area contributed by atoms with E-state index in [-0.39, 0.29) is 12.5 Å². The maximum atomic E-state index is 12.0. The molecule has 2 rings (SSSR count). The quantitative estimate of drug-likeness (QED) is 0.757. The largest absolute Gasteiger partial charge is 0.489 e. The van der Waals surface area contributed by atoms with Crippen molar-refractivity contribution in [1.82, 2.24) is 5.06 Å². The maximum Gasteiger partial charge on any atom is 0.337 e.